The van der Waals surface area contributed by atoms with Gasteiger partial charge in [-0.05, 0) is 32.0 Å². The van der Waals surface area contributed by atoms with Crippen LogP contribution in [0.15, 0.2) is 18.2 Å². The standard InChI is InChI=1S/C11H14ClF2NO/c1-10(2,15)11(13,14)7-4-5-9(16-3)8(12)6-7/h4-6H,15H2,1-3H3. The quantitative estimate of drug-likeness (QED) is 0.893. The Kier molecular flexibility index (Phi) is 3.45. The van der Waals surface area contributed by atoms with E-state index in [4.69, 9.17) is 22.1 Å². The van der Waals surface area contributed by atoms with Gasteiger partial charge in [0.05, 0.1) is 17.7 Å². The lowest BCUT2D eigenvalue weighted by Crippen LogP contribution is -2.48. The first-order valence-corrected chi connectivity index (χ1v) is 5.08. The minimum Gasteiger partial charge on any atom is -0.495 e. The van der Waals surface area contributed by atoms with E-state index in [-0.39, 0.29) is 10.6 Å². The predicted octanol–water partition coefficient (Wildman–Crippen LogP) is 3.18. The highest BCUT2D eigenvalue weighted by Gasteiger charge is 2.45. The van der Waals surface area contributed by atoms with E-state index in [1.54, 1.807) is 0 Å². The second-order valence-corrected chi connectivity index (χ2v) is 4.55. The van der Waals surface area contributed by atoms with Crippen molar-refractivity contribution < 1.29 is 13.5 Å². The number of ether oxygens (including phenoxy) is 1. The summed E-state index contributed by atoms with van der Waals surface area (Å²) in [4.78, 5) is 0. The van der Waals surface area contributed by atoms with Crippen LogP contribution in [-0.2, 0) is 5.92 Å². The molecule has 2 N–H and O–H groups in total. The van der Waals surface area contributed by atoms with Gasteiger partial charge in [-0.25, -0.2) is 0 Å². The largest absolute Gasteiger partial charge is 0.495 e. The minimum atomic E-state index is -3.15. The SMILES string of the molecule is COc1ccc(C(F)(F)C(C)(C)N)cc1Cl. The number of alkyl halides is 2. The number of hydrogen-bond donors (Lipinski definition) is 1. The van der Waals surface area contributed by atoms with E-state index in [1.165, 1.54) is 39.2 Å². The first-order chi connectivity index (χ1) is 7.20. The molecule has 0 atom stereocenters. The van der Waals surface area contributed by atoms with E-state index in [0.717, 1.165) is 0 Å². The second kappa shape index (κ2) is 4.18. The van der Waals surface area contributed by atoms with Gasteiger partial charge in [0.2, 0.25) is 0 Å². The van der Waals surface area contributed by atoms with Crippen LogP contribution in [0, 0.1) is 0 Å². The molecule has 0 unspecified atom stereocenters. The van der Waals surface area contributed by atoms with Crippen molar-refractivity contribution in [1.82, 2.24) is 0 Å². The van der Waals surface area contributed by atoms with Crippen LogP contribution in [0.4, 0.5) is 8.78 Å². The second-order valence-electron chi connectivity index (χ2n) is 4.15. The van der Waals surface area contributed by atoms with Crippen molar-refractivity contribution in [3.05, 3.63) is 28.8 Å². The molecule has 0 saturated carbocycles. The molecule has 0 spiro atoms. The zero-order valence-corrected chi connectivity index (χ0v) is 10.1. The van der Waals surface area contributed by atoms with Crippen molar-refractivity contribution in [3.8, 4) is 5.75 Å². The lowest BCUT2D eigenvalue weighted by molar-refractivity contribution is -0.0672. The van der Waals surface area contributed by atoms with E-state index < -0.39 is 11.5 Å². The Morgan fingerprint density at radius 3 is 2.25 bits per heavy atom. The van der Waals surface area contributed by atoms with Crippen molar-refractivity contribution in [1.29, 1.82) is 0 Å². The highest BCUT2D eigenvalue weighted by molar-refractivity contribution is 6.32. The smallest absolute Gasteiger partial charge is 0.290 e. The molecule has 0 radical (unpaired) electrons. The fourth-order valence-electron chi connectivity index (χ4n) is 1.23. The van der Waals surface area contributed by atoms with Crippen LogP contribution in [0.5, 0.6) is 5.75 Å². The molecule has 0 bridgehead atoms. The van der Waals surface area contributed by atoms with Crippen molar-refractivity contribution in [2.24, 2.45) is 5.73 Å². The van der Waals surface area contributed by atoms with Gasteiger partial charge in [-0.3, -0.25) is 0 Å². The van der Waals surface area contributed by atoms with Gasteiger partial charge >= 0.3 is 0 Å². The number of benzene rings is 1. The van der Waals surface area contributed by atoms with Gasteiger partial charge in [-0.1, -0.05) is 11.6 Å². The van der Waals surface area contributed by atoms with E-state index in [0.29, 0.717) is 5.75 Å². The summed E-state index contributed by atoms with van der Waals surface area (Å²) in [6.07, 6.45) is 0. The van der Waals surface area contributed by atoms with Crippen LogP contribution in [-0.4, -0.2) is 12.6 Å². The molecule has 0 fully saturated rings. The first-order valence-electron chi connectivity index (χ1n) is 4.71. The Balaban J connectivity index is 3.20. The van der Waals surface area contributed by atoms with Gasteiger partial charge in [0.15, 0.2) is 0 Å². The van der Waals surface area contributed by atoms with Gasteiger partial charge in [-0.2, -0.15) is 8.78 Å². The van der Waals surface area contributed by atoms with Crippen LogP contribution in [0.2, 0.25) is 5.02 Å². The van der Waals surface area contributed by atoms with Crippen LogP contribution in [0.25, 0.3) is 0 Å². The van der Waals surface area contributed by atoms with E-state index in [9.17, 15) is 8.78 Å². The molecule has 0 heterocycles. The fraction of sp³-hybridized carbons (Fsp3) is 0.455. The molecule has 0 aromatic heterocycles. The maximum Gasteiger partial charge on any atom is 0.290 e. The molecule has 1 aromatic rings. The third kappa shape index (κ3) is 2.28. The molecule has 0 amide bonds. The average molecular weight is 250 g/mol. The topological polar surface area (TPSA) is 35.2 Å². The summed E-state index contributed by atoms with van der Waals surface area (Å²) in [5, 5.41) is 0.143. The fourth-order valence-corrected chi connectivity index (χ4v) is 1.49. The molecule has 0 saturated heterocycles. The number of rotatable bonds is 3. The predicted molar refractivity (Wildman–Crippen MR) is 60.2 cm³/mol. The molecule has 0 aliphatic heterocycles. The lowest BCUT2D eigenvalue weighted by atomic mass is 9.91. The third-order valence-electron chi connectivity index (χ3n) is 2.32. The maximum atomic E-state index is 13.9. The molecule has 90 valence electrons. The van der Waals surface area contributed by atoms with Gasteiger partial charge in [-0.15, -0.1) is 0 Å². The molecule has 0 aliphatic carbocycles. The third-order valence-corrected chi connectivity index (χ3v) is 2.62. The zero-order valence-electron chi connectivity index (χ0n) is 9.35. The van der Waals surface area contributed by atoms with Crippen LogP contribution in [0.1, 0.15) is 19.4 Å². The highest BCUT2D eigenvalue weighted by Crippen LogP contribution is 2.39. The number of halogens is 3. The molecule has 16 heavy (non-hydrogen) atoms. The molecule has 1 rings (SSSR count). The van der Waals surface area contributed by atoms with E-state index in [1.807, 2.05) is 0 Å². The first kappa shape index (κ1) is 13.2. The van der Waals surface area contributed by atoms with Crippen LogP contribution >= 0.6 is 11.6 Å². The maximum absolute atomic E-state index is 13.9. The van der Waals surface area contributed by atoms with E-state index >= 15 is 0 Å². The monoisotopic (exact) mass is 249 g/mol. The zero-order chi connectivity index (χ0) is 12.6. The summed E-state index contributed by atoms with van der Waals surface area (Å²) in [6.45, 7) is 2.54. The summed E-state index contributed by atoms with van der Waals surface area (Å²) in [5.41, 5.74) is 3.58. The molecule has 5 heteroatoms. The summed E-state index contributed by atoms with van der Waals surface area (Å²) in [6, 6.07) is 3.84. The number of nitrogens with two attached hydrogens (primary N) is 1. The summed E-state index contributed by atoms with van der Waals surface area (Å²) in [5.74, 6) is -2.79. The summed E-state index contributed by atoms with van der Waals surface area (Å²) >= 11 is 5.79. The normalized spacial score (nSPS) is 12.7. The Morgan fingerprint density at radius 2 is 1.88 bits per heavy atom. The van der Waals surface area contributed by atoms with Gasteiger partial charge in [0.25, 0.3) is 5.92 Å². The van der Waals surface area contributed by atoms with E-state index in [2.05, 4.69) is 0 Å². The van der Waals surface area contributed by atoms with Crippen LogP contribution < -0.4 is 10.5 Å². The Morgan fingerprint density at radius 1 is 1.31 bits per heavy atom. The highest BCUT2D eigenvalue weighted by atomic mass is 35.5. The molecular weight excluding hydrogens is 236 g/mol. The van der Waals surface area contributed by atoms with Crippen molar-refractivity contribution >= 4 is 11.6 Å². The molecular formula is C11H14ClF2NO. The van der Waals surface area contributed by atoms with Crippen molar-refractivity contribution in [2.75, 3.05) is 7.11 Å². The van der Waals surface area contributed by atoms with Gasteiger partial charge in [0, 0.05) is 5.56 Å². The Hall–Kier alpha value is -0.870. The molecule has 0 aliphatic rings. The summed E-state index contributed by atoms with van der Waals surface area (Å²) < 4.78 is 32.6. The Bertz CT molecular complexity index is 388. The number of hydrogen-bond acceptors (Lipinski definition) is 2. The van der Waals surface area contributed by atoms with Gasteiger partial charge in [0.1, 0.15) is 5.75 Å². The molecule has 1 aromatic carbocycles. The lowest BCUT2D eigenvalue weighted by Gasteiger charge is -2.30. The molecule has 2 nitrogen and oxygen atoms in total. The Labute approximate surface area is 98.3 Å². The minimum absolute atomic E-state index is 0.143. The summed E-state index contributed by atoms with van der Waals surface area (Å²) in [7, 11) is 1.42. The van der Waals surface area contributed by atoms with Gasteiger partial charge < -0.3 is 10.5 Å². The van der Waals surface area contributed by atoms with Crippen molar-refractivity contribution in [2.45, 2.75) is 25.3 Å². The number of methoxy groups -OCH3 is 1. The average Bonchev–Trinajstić information content (AvgIpc) is 2.15. The van der Waals surface area contributed by atoms with Crippen LogP contribution in [0.3, 0.4) is 0 Å². The van der Waals surface area contributed by atoms with Crippen molar-refractivity contribution in [3.63, 3.8) is 0 Å².